The first-order valence-corrected chi connectivity index (χ1v) is 10.7. The van der Waals surface area contributed by atoms with E-state index in [-0.39, 0.29) is 4.90 Å². The van der Waals surface area contributed by atoms with Gasteiger partial charge in [0.2, 0.25) is 21.8 Å². The minimum Gasteiger partial charge on any atom is -0.419 e. The molecule has 0 saturated carbocycles. The number of hydrogen-bond donors (Lipinski definition) is 0. The second-order valence-electron chi connectivity index (χ2n) is 7.01. The molecule has 0 atom stereocenters. The highest BCUT2D eigenvalue weighted by atomic mass is 32.2. The summed E-state index contributed by atoms with van der Waals surface area (Å²) in [5, 5.41) is 8.22. The Morgan fingerprint density at radius 2 is 1.79 bits per heavy atom. The van der Waals surface area contributed by atoms with E-state index >= 15 is 0 Å². The normalized spacial score (nSPS) is 16.2. The number of aromatic nitrogens is 2. The zero-order valence-electron chi connectivity index (χ0n) is 16.0. The second-order valence-corrected chi connectivity index (χ2v) is 8.95. The summed E-state index contributed by atoms with van der Waals surface area (Å²) in [5.41, 5.74) is 1.98. The maximum Gasteiger partial charge on any atom is 0.247 e. The molecule has 0 amide bonds. The first kappa shape index (κ1) is 19.7. The molecular formula is C20H21FN4O3S. The number of piperazine rings is 1. The van der Waals surface area contributed by atoms with Crippen LogP contribution in [0.15, 0.2) is 57.8 Å². The van der Waals surface area contributed by atoms with Crippen molar-refractivity contribution in [3.8, 4) is 11.5 Å². The summed E-state index contributed by atoms with van der Waals surface area (Å²) < 4.78 is 45.9. The van der Waals surface area contributed by atoms with Crippen molar-refractivity contribution in [3.63, 3.8) is 0 Å². The average molecular weight is 416 g/mol. The summed E-state index contributed by atoms with van der Waals surface area (Å²) in [6.07, 6.45) is 0. The molecule has 29 heavy (non-hydrogen) atoms. The van der Waals surface area contributed by atoms with E-state index in [4.69, 9.17) is 4.42 Å². The Morgan fingerprint density at radius 1 is 1.03 bits per heavy atom. The molecule has 4 rings (SSSR count). The average Bonchev–Trinajstić information content (AvgIpc) is 3.17. The number of rotatable bonds is 5. The van der Waals surface area contributed by atoms with Crippen LogP contribution in [-0.2, 0) is 16.6 Å². The number of halogens is 1. The summed E-state index contributed by atoms with van der Waals surface area (Å²) in [6, 6.07) is 12.9. The molecule has 0 spiro atoms. The molecule has 1 aliphatic heterocycles. The van der Waals surface area contributed by atoms with Crippen LogP contribution in [0.3, 0.4) is 0 Å². The van der Waals surface area contributed by atoms with E-state index in [0.29, 0.717) is 44.5 Å². The van der Waals surface area contributed by atoms with Crippen LogP contribution in [0.5, 0.6) is 0 Å². The summed E-state index contributed by atoms with van der Waals surface area (Å²) >= 11 is 0. The Labute approximate surface area is 168 Å². The Balaban J connectivity index is 1.38. The third kappa shape index (κ3) is 4.36. The highest BCUT2D eigenvalue weighted by Crippen LogP contribution is 2.21. The van der Waals surface area contributed by atoms with Crippen molar-refractivity contribution in [1.29, 1.82) is 0 Å². The summed E-state index contributed by atoms with van der Waals surface area (Å²) in [6.45, 7) is 4.13. The fourth-order valence-electron chi connectivity index (χ4n) is 3.31. The predicted octanol–water partition coefficient (Wildman–Crippen LogP) is 2.69. The molecule has 0 aliphatic carbocycles. The molecule has 2 heterocycles. The minimum atomic E-state index is -3.70. The highest BCUT2D eigenvalue weighted by molar-refractivity contribution is 7.89. The van der Waals surface area contributed by atoms with Crippen molar-refractivity contribution in [1.82, 2.24) is 19.4 Å². The van der Waals surface area contributed by atoms with Crippen LogP contribution in [0.2, 0.25) is 0 Å². The fourth-order valence-corrected chi connectivity index (χ4v) is 4.76. The molecule has 1 saturated heterocycles. The zero-order valence-corrected chi connectivity index (χ0v) is 16.8. The molecule has 152 valence electrons. The van der Waals surface area contributed by atoms with E-state index in [9.17, 15) is 12.8 Å². The van der Waals surface area contributed by atoms with E-state index < -0.39 is 15.8 Å². The molecule has 1 aromatic heterocycles. The predicted molar refractivity (Wildman–Crippen MR) is 105 cm³/mol. The fraction of sp³-hybridized carbons (Fsp3) is 0.300. The minimum absolute atomic E-state index is 0.0225. The van der Waals surface area contributed by atoms with Crippen LogP contribution in [0.25, 0.3) is 11.5 Å². The van der Waals surface area contributed by atoms with Crippen LogP contribution in [0.4, 0.5) is 4.39 Å². The van der Waals surface area contributed by atoms with Crippen LogP contribution < -0.4 is 0 Å². The van der Waals surface area contributed by atoms with Crippen molar-refractivity contribution < 1.29 is 17.2 Å². The monoisotopic (exact) mass is 416 g/mol. The van der Waals surface area contributed by atoms with E-state index in [1.165, 1.54) is 22.5 Å². The lowest BCUT2D eigenvalue weighted by Gasteiger charge is -2.33. The van der Waals surface area contributed by atoms with Gasteiger partial charge in [0.25, 0.3) is 0 Å². The van der Waals surface area contributed by atoms with Gasteiger partial charge in [-0.2, -0.15) is 4.31 Å². The molecule has 0 unspecified atom stereocenters. The Kier molecular flexibility index (Phi) is 5.44. The maximum absolute atomic E-state index is 13.4. The largest absolute Gasteiger partial charge is 0.419 e. The summed E-state index contributed by atoms with van der Waals surface area (Å²) in [7, 11) is -3.70. The van der Waals surface area contributed by atoms with Gasteiger partial charge in [-0.25, -0.2) is 12.8 Å². The first-order valence-electron chi connectivity index (χ1n) is 9.29. The van der Waals surface area contributed by atoms with E-state index in [0.717, 1.165) is 17.2 Å². The number of aryl methyl sites for hydroxylation is 1. The van der Waals surface area contributed by atoms with Crippen LogP contribution in [0, 0.1) is 12.7 Å². The highest BCUT2D eigenvalue weighted by Gasteiger charge is 2.29. The van der Waals surface area contributed by atoms with Crippen molar-refractivity contribution >= 4 is 10.0 Å². The van der Waals surface area contributed by atoms with E-state index in [1.807, 2.05) is 31.2 Å². The van der Waals surface area contributed by atoms with Gasteiger partial charge in [-0.1, -0.05) is 23.8 Å². The second kappa shape index (κ2) is 8.02. The van der Waals surface area contributed by atoms with Gasteiger partial charge in [0.15, 0.2) is 0 Å². The number of benzene rings is 2. The van der Waals surface area contributed by atoms with Gasteiger partial charge >= 0.3 is 0 Å². The maximum atomic E-state index is 13.4. The molecule has 1 fully saturated rings. The van der Waals surface area contributed by atoms with Crippen LogP contribution in [-0.4, -0.2) is 54.0 Å². The summed E-state index contributed by atoms with van der Waals surface area (Å²) in [5.74, 6) is 0.393. The van der Waals surface area contributed by atoms with Crippen LogP contribution >= 0.6 is 0 Å². The zero-order chi connectivity index (χ0) is 20.4. The molecule has 0 bridgehead atoms. The lowest BCUT2D eigenvalue weighted by molar-refractivity contribution is 0.168. The molecule has 1 aliphatic rings. The lowest BCUT2D eigenvalue weighted by Crippen LogP contribution is -2.48. The van der Waals surface area contributed by atoms with Crippen molar-refractivity contribution in [2.45, 2.75) is 18.4 Å². The van der Waals surface area contributed by atoms with Gasteiger partial charge in [0.1, 0.15) is 5.82 Å². The van der Waals surface area contributed by atoms with E-state index in [1.54, 1.807) is 0 Å². The third-order valence-electron chi connectivity index (χ3n) is 4.86. The smallest absolute Gasteiger partial charge is 0.247 e. The quantitative estimate of drug-likeness (QED) is 0.636. The van der Waals surface area contributed by atoms with Crippen molar-refractivity contribution in [2.24, 2.45) is 0 Å². The van der Waals surface area contributed by atoms with Crippen molar-refractivity contribution in [2.75, 3.05) is 26.2 Å². The molecule has 3 aromatic rings. The standard InChI is InChI=1S/C20H21FN4O3S/c1-15-4-2-5-16(12-15)20-23-22-19(28-20)14-24-8-10-25(11-9-24)29(26,27)18-7-3-6-17(21)13-18/h2-7,12-13H,8-11,14H2,1H3. The van der Waals surface area contributed by atoms with Crippen molar-refractivity contribution in [3.05, 3.63) is 65.8 Å². The van der Waals surface area contributed by atoms with Gasteiger partial charge in [-0.05, 0) is 37.3 Å². The van der Waals surface area contributed by atoms with Gasteiger partial charge in [0.05, 0.1) is 11.4 Å². The molecule has 2 aromatic carbocycles. The molecule has 0 radical (unpaired) electrons. The Hall–Kier alpha value is -2.62. The SMILES string of the molecule is Cc1cccc(-c2nnc(CN3CCN(S(=O)(=O)c4cccc(F)c4)CC3)o2)c1. The number of hydrogen-bond acceptors (Lipinski definition) is 6. The summed E-state index contributed by atoms with van der Waals surface area (Å²) in [4.78, 5) is 2.04. The Bertz CT molecular complexity index is 1110. The molecule has 9 heteroatoms. The molecule has 7 nitrogen and oxygen atoms in total. The number of sulfonamides is 1. The van der Waals surface area contributed by atoms with Crippen LogP contribution in [0.1, 0.15) is 11.5 Å². The topological polar surface area (TPSA) is 79.5 Å². The van der Waals surface area contributed by atoms with Gasteiger partial charge in [-0.3, -0.25) is 4.90 Å². The first-order chi connectivity index (χ1) is 13.9. The van der Waals surface area contributed by atoms with E-state index in [2.05, 4.69) is 15.1 Å². The Morgan fingerprint density at radius 3 is 2.52 bits per heavy atom. The molecule has 0 N–H and O–H groups in total. The molecular weight excluding hydrogens is 395 g/mol. The number of nitrogens with zero attached hydrogens (tertiary/aromatic N) is 4. The van der Waals surface area contributed by atoms with Gasteiger partial charge in [0, 0.05) is 31.7 Å². The third-order valence-corrected chi connectivity index (χ3v) is 6.75. The van der Waals surface area contributed by atoms with Gasteiger partial charge in [-0.15, -0.1) is 10.2 Å². The lowest BCUT2D eigenvalue weighted by atomic mass is 10.1. The van der Waals surface area contributed by atoms with Gasteiger partial charge < -0.3 is 4.42 Å².